The van der Waals surface area contributed by atoms with Crippen LogP contribution in [-0.4, -0.2) is 66.0 Å². The molecule has 4 atom stereocenters. The van der Waals surface area contributed by atoms with Gasteiger partial charge in [0.05, 0.1) is 12.9 Å². The molecule has 6 N–H and O–H groups in total. The highest BCUT2D eigenvalue weighted by molar-refractivity contribution is 5.83. The minimum absolute atomic E-state index is 0.158. The van der Waals surface area contributed by atoms with Gasteiger partial charge in [-0.2, -0.15) is 15.1 Å². The van der Waals surface area contributed by atoms with Crippen molar-refractivity contribution < 1.29 is 20.1 Å². The summed E-state index contributed by atoms with van der Waals surface area (Å²) in [5.74, 6) is 0.809. The fraction of sp³-hybridized carbons (Fsp3) is 0.647. The number of aliphatic hydroxyl groups excluding tert-OH is 3. The van der Waals surface area contributed by atoms with E-state index < -0.39 is 31.1 Å². The molecule has 0 spiro atoms. The Labute approximate surface area is 161 Å². The number of nitrogens with zero attached hydrogens (tertiary/aromatic N) is 5. The van der Waals surface area contributed by atoms with Crippen LogP contribution < -0.4 is 11.2 Å². The number of anilines is 2. The van der Waals surface area contributed by atoms with Gasteiger partial charge in [-0.3, -0.25) is 4.57 Å². The second-order valence-electron chi connectivity index (χ2n) is 7.27. The van der Waals surface area contributed by atoms with Crippen LogP contribution in [0.2, 0.25) is 0 Å². The Morgan fingerprint density at radius 1 is 1.25 bits per heavy atom. The van der Waals surface area contributed by atoms with Crippen LogP contribution in [0, 0.1) is 5.92 Å². The first-order chi connectivity index (χ1) is 13.6. The SMILES string of the molecule is Nc1nc(N/N=C/C2CCCCC2)nc2c1ncn2[C@H]1O[C@@H](CO)[C@H](O)[C@@H]1O. The Balaban J connectivity index is 1.57. The van der Waals surface area contributed by atoms with Gasteiger partial charge in [0.15, 0.2) is 17.7 Å². The molecule has 1 saturated heterocycles. The summed E-state index contributed by atoms with van der Waals surface area (Å²) in [5, 5.41) is 33.8. The van der Waals surface area contributed by atoms with Gasteiger partial charge in [0.1, 0.15) is 23.8 Å². The van der Waals surface area contributed by atoms with Gasteiger partial charge in [-0.25, -0.2) is 10.4 Å². The van der Waals surface area contributed by atoms with Crippen LogP contribution in [0.5, 0.6) is 0 Å². The lowest BCUT2D eigenvalue weighted by Gasteiger charge is -2.17. The fourth-order valence-corrected chi connectivity index (χ4v) is 3.77. The maximum atomic E-state index is 10.3. The first kappa shape index (κ1) is 19.0. The maximum Gasteiger partial charge on any atom is 0.247 e. The first-order valence-electron chi connectivity index (χ1n) is 9.50. The third-order valence-corrected chi connectivity index (χ3v) is 5.34. The number of nitrogens with two attached hydrogens (primary N) is 1. The van der Waals surface area contributed by atoms with Crippen molar-refractivity contribution in [2.75, 3.05) is 17.8 Å². The van der Waals surface area contributed by atoms with Crippen molar-refractivity contribution in [1.82, 2.24) is 19.5 Å². The van der Waals surface area contributed by atoms with Crippen LogP contribution in [0.3, 0.4) is 0 Å². The lowest BCUT2D eigenvalue weighted by molar-refractivity contribution is -0.0511. The molecule has 4 rings (SSSR count). The molecule has 2 aromatic rings. The molecule has 11 heteroatoms. The van der Waals surface area contributed by atoms with Crippen molar-refractivity contribution >= 4 is 29.1 Å². The standard InChI is InChI=1S/C17H25N7O4/c18-14-11-15(22-17(21-14)23-20-6-9-4-2-1-3-5-9)24(8-19-11)16-13(27)12(26)10(7-25)28-16/h6,8-10,12-13,16,25-27H,1-5,7H2,(H3,18,21,22,23)/b20-6+/t10-,12-,13-,16-/m0/s1. The number of fused-ring (bicyclic) bond motifs is 1. The second-order valence-corrected chi connectivity index (χ2v) is 7.27. The molecule has 1 aliphatic carbocycles. The number of hydrazone groups is 1. The molecule has 152 valence electrons. The number of imidazole rings is 1. The van der Waals surface area contributed by atoms with E-state index in [0.29, 0.717) is 17.1 Å². The highest BCUT2D eigenvalue weighted by atomic mass is 16.6. The van der Waals surface area contributed by atoms with E-state index in [2.05, 4.69) is 25.5 Å². The van der Waals surface area contributed by atoms with Crippen molar-refractivity contribution in [2.45, 2.75) is 56.6 Å². The molecule has 0 aromatic carbocycles. The van der Waals surface area contributed by atoms with E-state index >= 15 is 0 Å². The van der Waals surface area contributed by atoms with Crippen molar-refractivity contribution in [3.05, 3.63) is 6.33 Å². The fourth-order valence-electron chi connectivity index (χ4n) is 3.77. The lowest BCUT2D eigenvalue weighted by atomic mass is 9.90. The number of hydrogen-bond acceptors (Lipinski definition) is 10. The van der Waals surface area contributed by atoms with Crippen LogP contribution in [0.25, 0.3) is 11.2 Å². The average Bonchev–Trinajstić information content (AvgIpc) is 3.24. The molecule has 2 aromatic heterocycles. The molecule has 0 unspecified atom stereocenters. The third-order valence-electron chi connectivity index (χ3n) is 5.34. The van der Waals surface area contributed by atoms with Gasteiger partial charge >= 0.3 is 0 Å². The van der Waals surface area contributed by atoms with Gasteiger partial charge in [0.2, 0.25) is 5.95 Å². The summed E-state index contributed by atoms with van der Waals surface area (Å²) in [6, 6.07) is 0. The van der Waals surface area contributed by atoms with E-state index in [1.165, 1.54) is 30.2 Å². The summed E-state index contributed by atoms with van der Waals surface area (Å²) >= 11 is 0. The first-order valence-corrected chi connectivity index (χ1v) is 9.50. The topological polar surface area (TPSA) is 164 Å². The van der Waals surface area contributed by atoms with Crippen molar-refractivity contribution in [3.8, 4) is 0 Å². The molecule has 0 bridgehead atoms. The summed E-state index contributed by atoms with van der Waals surface area (Å²) in [6.45, 7) is -0.416. The summed E-state index contributed by atoms with van der Waals surface area (Å²) < 4.78 is 7.01. The normalized spacial score (nSPS) is 29.1. The van der Waals surface area contributed by atoms with Gasteiger partial charge in [0, 0.05) is 6.21 Å². The highest BCUT2D eigenvalue weighted by Crippen LogP contribution is 2.32. The Morgan fingerprint density at radius 3 is 2.75 bits per heavy atom. The van der Waals surface area contributed by atoms with Gasteiger partial charge in [-0.1, -0.05) is 19.3 Å². The highest BCUT2D eigenvalue weighted by Gasteiger charge is 2.44. The Kier molecular flexibility index (Phi) is 5.40. The molecule has 0 radical (unpaired) electrons. The number of aliphatic hydroxyl groups is 3. The molecule has 28 heavy (non-hydrogen) atoms. The smallest absolute Gasteiger partial charge is 0.247 e. The van der Waals surface area contributed by atoms with E-state index in [0.717, 1.165) is 12.8 Å². The molecule has 0 amide bonds. The minimum atomic E-state index is -1.24. The number of hydrogen-bond donors (Lipinski definition) is 5. The van der Waals surface area contributed by atoms with E-state index in [1.807, 2.05) is 6.21 Å². The molecular weight excluding hydrogens is 366 g/mol. The number of aromatic nitrogens is 4. The van der Waals surface area contributed by atoms with E-state index in [9.17, 15) is 15.3 Å². The van der Waals surface area contributed by atoms with Crippen LogP contribution in [0.15, 0.2) is 11.4 Å². The van der Waals surface area contributed by atoms with Gasteiger partial charge in [-0.05, 0) is 18.8 Å². The predicted molar refractivity (Wildman–Crippen MR) is 101 cm³/mol. The molecule has 2 fully saturated rings. The van der Waals surface area contributed by atoms with Crippen LogP contribution in [0.1, 0.15) is 38.3 Å². The quantitative estimate of drug-likeness (QED) is 0.348. The average molecular weight is 391 g/mol. The zero-order chi connectivity index (χ0) is 19.7. The Morgan fingerprint density at radius 2 is 2.04 bits per heavy atom. The van der Waals surface area contributed by atoms with Crippen molar-refractivity contribution in [1.29, 1.82) is 0 Å². The molecular formula is C17H25N7O4. The van der Waals surface area contributed by atoms with Gasteiger partial charge < -0.3 is 25.8 Å². The summed E-state index contributed by atoms with van der Waals surface area (Å²) in [7, 11) is 0. The zero-order valence-electron chi connectivity index (χ0n) is 15.3. The maximum absolute atomic E-state index is 10.3. The minimum Gasteiger partial charge on any atom is -0.394 e. The third kappa shape index (κ3) is 3.53. The summed E-state index contributed by atoms with van der Waals surface area (Å²) in [4.78, 5) is 12.7. The number of nitrogens with one attached hydrogen (secondary N) is 1. The molecule has 2 aliphatic rings. The van der Waals surface area contributed by atoms with Crippen LogP contribution in [0.4, 0.5) is 11.8 Å². The van der Waals surface area contributed by atoms with Crippen molar-refractivity contribution in [2.24, 2.45) is 11.0 Å². The van der Waals surface area contributed by atoms with Crippen molar-refractivity contribution in [3.63, 3.8) is 0 Å². The van der Waals surface area contributed by atoms with Crippen LogP contribution in [-0.2, 0) is 4.74 Å². The predicted octanol–water partition coefficient (Wildman–Crippen LogP) is -0.00200. The number of nitrogen functional groups attached to an aromatic ring is 1. The van der Waals surface area contributed by atoms with Gasteiger partial charge in [0.25, 0.3) is 0 Å². The monoisotopic (exact) mass is 391 g/mol. The lowest BCUT2D eigenvalue weighted by Crippen LogP contribution is -2.33. The van der Waals surface area contributed by atoms with E-state index in [4.69, 9.17) is 10.5 Å². The molecule has 1 saturated carbocycles. The second kappa shape index (κ2) is 7.95. The number of rotatable bonds is 5. The largest absolute Gasteiger partial charge is 0.394 e. The Hall–Kier alpha value is -2.34. The van der Waals surface area contributed by atoms with E-state index in [-0.39, 0.29) is 11.8 Å². The van der Waals surface area contributed by atoms with Gasteiger partial charge in [-0.15, -0.1) is 0 Å². The molecule has 11 nitrogen and oxygen atoms in total. The number of ether oxygens (including phenoxy) is 1. The molecule has 1 aliphatic heterocycles. The van der Waals surface area contributed by atoms with E-state index in [1.54, 1.807) is 0 Å². The summed E-state index contributed by atoms with van der Waals surface area (Å²) in [5.41, 5.74) is 9.47. The summed E-state index contributed by atoms with van der Waals surface area (Å²) in [6.07, 6.45) is 4.95. The zero-order valence-corrected chi connectivity index (χ0v) is 15.3. The Bertz CT molecular complexity index is 851. The van der Waals surface area contributed by atoms with Crippen LogP contribution >= 0.6 is 0 Å². The molecule has 3 heterocycles.